The molecule has 4 saturated carbocycles. The van der Waals surface area contributed by atoms with E-state index in [9.17, 15) is 9.90 Å². The first-order valence-corrected chi connectivity index (χ1v) is 10.9. The Hall–Kier alpha value is -2.21. The number of para-hydroxylation sites is 1. The minimum absolute atomic E-state index is 0.116. The molecule has 29 heavy (non-hydrogen) atoms. The summed E-state index contributed by atoms with van der Waals surface area (Å²) in [6.07, 6.45) is 11.2. The van der Waals surface area contributed by atoms with Crippen LogP contribution >= 0.6 is 12.2 Å². The predicted octanol–water partition coefficient (Wildman–Crippen LogP) is 4.97. The SMILES string of the molecule is CC(CC=CCCC1(C(=O)O)[C@H]2C[C@@]13CC[C@@H]2C3)=NNC(=S)Nc1ccccc1. The third kappa shape index (κ3) is 3.48. The zero-order valence-corrected chi connectivity index (χ0v) is 17.7. The number of thiocarbonyl (C=S) groups is 1. The zero-order chi connectivity index (χ0) is 20.5. The van der Waals surface area contributed by atoms with Gasteiger partial charge in [0.15, 0.2) is 5.11 Å². The van der Waals surface area contributed by atoms with Gasteiger partial charge >= 0.3 is 5.97 Å². The molecule has 4 fully saturated rings. The van der Waals surface area contributed by atoms with Gasteiger partial charge in [-0.25, -0.2) is 0 Å². The maximum atomic E-state index is 12.1. The summed E-state index contributed by atoms with van der Waals surface area (Å²) in [5.74, 6) is 0.544. The number of hydrazone groups is 1. The van der Waals surface area contributed by atoms with Crippen molar-refractivity contribution in [2.45, 2.75) is 51.9 Å². The van der Waals surface area contributed by atoms with E-state index in [1.807, 2.05) is 37.3 Å². The van der Waals surface area contributed by atoms with Gasteiger partial charge in [0.1, 0.15) is 0 Å². The molecule has 0 saturated heterocycles. The third-order valence-electron chi connectivity index (χ3n) is 7.45. The van der Waals surface area contributed by atoms with Crippen LogP contribution in [0.4, 0.5) is 5.69 Å². The van der Waals surface area contributed by atoms with Crippen molar-refractivity contribution in [3.05, 3.63) is 42.5 Å². The van der Waals surface area contributed by atoms with Gasteiger partial charge in [-0.15, -0.1) is 0 Å². The standard InChI is InChI=1S/C23H29N3O2S/c1-16(25-26-21(29)24-18-9-5-2-6-10-18)8-4-3-7-12-23(20(27)28)19-15-22(23)13-11-17(19)14-22/h2-6,9-10,17,19H,7-8,11-15H2,1H3,(H,27,28)(H2,24,26,29)/t17-,19+,22+,23?/m1/s1. The number of carbonyl (C=O) groups is 1. The largest absolute Gasteiger partial charge is 0.481 e. The van der Waals surface area contributed by atoms with Crippen molar-refractivity contribution in [3.63, 3.8) is 0 Å². The summed E-state index contributed by atoms with van der Waals surface area (Å²) in [5.41, 5.74) is 4.38. The second kappa shape index (κ2) is 7.90. The predicted molar refractivity (Wildman–Crippen MR) is 120 cm³/mol. The number of nitrogens with one attached hydrogen (secondary N) is 2. The van der Waals surface area contributed by atoms with Gasteiger partial charge in [-0.1, -0.05) is 30.4 Å². The number of benzene rings is 1. The molecule has 0 heterocycles. The normalized spacial score (nSPS) is 32.2. The third-order valence-corrected chi connectivity index (χ3v) is 7.65. The monoisotopic (exact) mass is 411 g/mol. The lowest BCUT2D eigenvalue weighted by molar-refractivity contribution is -0.188. The number of carboxylic acid groups (broad SMARTS) is 1. The number of hydrogen-bond donors (Lipinski definition) is 3. The Balaban J connectivity index is 1.22. The number of carboxylic acids is 1. The molecule has 0 amide bonds. The van der Waals surface area contributed by atoms with Crippen molar-refractivity contribution < 1.29 is 9.90 Å². The summed E-state index contributed by atoms with van der Waals surface area (Å²) in [6, 6.07) is 9.72. The van der Waals surface area contributed by atoms with Crippen LogP contribution in [0.5, 0.6) is 0 Å². The van der Waals surface area contributed by atoms with Gasteiger partial charge in [0.2, 0.25) is 0 Å². The summed E-state index contributed by atoms with van der Waals surface area (Å²) in [5, 5.41) is 17.8. The van der Waals surface area contributed by atoms with E-state index in [1.165, 1.54) is 6.42 Å². The fraction of sp³-hybridized carbons (Fsp3) is 0.522. The highest BCUT2D eigenvalue weighted by atomic mass is 32.1. The summed E-state index contributed by atoms with van der Waals surface area (Å²) < 4.78 is 0. The van der Waals surface area contributed by atoms with Crippen LogP contribution in [0.1, 0.15) is 51.9 Å². The Morgan fingerprint density at radius 3 is 2.72 bits per heavy atom. The van der Waals surface area contributed by atoms with Gasteiger partial charge in [0, 0.05) is 17.8 Å². The van der Waals surface area contributed by atoms with Crippen molar-refractivity contribution in [2.24, 2.45) is 27.8 Å². The molecule has 0 aromatic heterocycles. The van der Waals surface area contributed by atoms with Crippen LogP contribution in [0.3, 0.4) is 0 Å². The minimum atomic E-state index is -0.550. The van der Waals surface area contributed by atoms with Gasteiger partial charge in [0.25, 0.3) is 0 Å². The number of nitrogens with zero attached hydrogens (tertiary/aromatic N) is 1. The molecule has 6 heteroatoms. The summed E-state index contributed by atoms with van der Waals surface area (Å²) >= 11 is 5.24. The molecule has 0 aliphatic heterocycles. The molecule has 3 N–H and O–H groups in total. The summed E-state index contributed by atoms with van der Waals surface area (Å²) in [4.78, 5) is 12.1. The molecular formula is C23H29N3O2S. The van der Waals surface area contributed by atoms with E-state index in [-0.39, 0.29) is 5.41 Å². The van der Waals surface area contributed by atoms with Gasteiger partial charge in [-0.3, -0.25) is 10.2 Å². The quantitative estimate of drug-likeness (QED) is 0.244. The second-order valence-electron chi connectivity index (χ2n) is 8.86. The lowest BCUT2D eigenvalue weighted by atomic mass is 9.43. The van der Waals surface area contributed by atoms with E-state index in [0.29, 0.717) is 16.9 Å². The smallest absolute Gasteiger partial charge is 0.310 e. The molecule has 154 valence electrons. The molecular weight excluding hydrogens is 382 g/mol. The van der Waals surface area contributed by atoms with Crippen LogP contribution in [0, 0.1) is 22.7 Å². The lowest BCUT2D eigenvalue weighted by Crippen LogP contribution is -2.59. The fourth-order valence-corrected chi connectivity index (χ4v) is 6.37. The van der Waals surface area contributed by atoms with Crippen LogP contribution < -0.4 is 10.7 Å². The highest BCUT2D eigenvalue weighted by molar-refractivity contribution is 7.80. The Labute approximate surface area is 177 Å². The van der Waals surface area contributed by atoms with E-state index >= 15 is 0 Å². The van der Waals surface area contributed by atoms with Gasteiger partial charge < -0.3 is 10.4 Å². The number of hydrogen-bond acceptors (Lipinski definition) is 3. The van der Waals surface area contributed by atoms with Crippen molar-refractivity contribution in [3.8, 4) is 0 Å². The Morgan fingerprint density at radius 1 is 1.31 bits per heavy atom. The van der Waals surface area contributed by atoms with E-state index in [4.69, 9.17) is 12.2 Å². The average molecular weight is 412 g/mol. The first-order valence-electron chi connectivity index (χ1n) is 10.5. The summed E-state index contributed by atoms with van der Waals surface area (Å²) in [6.45, 7) is 1.95. The maximum Gasteiger partial charge on any atom is 0.310 e. The Bertz CT molecular complexity index is 849. The molecule has 4 aliphatic carbocycles. The molecule has 5 rings (SSSR count). The van der Waals surface area contributed by atoms with Crippen LogP contribution in [0.15, 0.2) is 47.6 Å². The van der Waals surface area contributed by atoms with Crippen LogP contribution in [0.2, 0.25) is 0 Å². The molecule has 0 radical (unpaired) electrons. The molecule has 4 atom stereocenters. The topological polar surface area (TPSA) is 73.7 Å². The molecule has 1 aromatic carbocycles. The zero-order valence-electron chi connectivity index (χ0n) is 16.9. The van der Waals surface area contributed by atoms with Crippen LogP contribution in [-0.4, -0.2) is 21.9 Å². The molecule has 1 aromatic rings. The molecule has 1 spiro atoms. The Morgan fingerprint density at radius 2 is 2.10 bits per heavy atom. The number of allylic oxidation sites excluding steroid dienone is 2. The van der Waals surface area contributed by atoms with E-state index < -0.39 is 11.4 Å². The number of rotatable bonds is 8. The second-order valence-corrected chi connectivity index (χ2v) is 9.27. The molecule has 3 bridgehead atoms. The van der Waals surface area contributed by atoms with Crippen molar-refractivity contribution in [1.29, 1.82) is 0 Å². The number of anilines is 1. The van der Waals surface area contributed by atoms with Gasteiger partial charge in [0.05, 0.1) is 5.41 Å². The first kappa shape index (κ1) is 20.1. The minimum Gasteiger partial charge on any atom is -0.481 e. The maximum absolute atomic E-state index is 12.1. The first-order chi connectivity index (χ1) is 14.0. The van der Waals surface area contributed by atoms with Gasteiger partial charge in [-0.2, -0.15) is 5.10 Å². The van der Waals surface area contributed by atoms with E-state index in [1.54, 1.807) is 0 Å². The van der Waals surface area contributed by atoms with Crippen LogP contribution in [0.25, 0.3) is 0 Å². The highest BCUT2D eigenvalue weighted by Crippen LogP contribution is 2.81. The van der Waals surface area contributed by atoms with E-state index in [0.717, 1.165) is 49.9 Å². The average Bonchev–Trinajstić information content (AvgIpc) is 3.37. The fourth-order valence-electron chi connectivity index (χ4n) is 6.21. The van der Waals surface area contributed by atoms with E-state index in [2.05, 4.69) is 28.0 Å². The lowest BCUT2D eigenvalue weighted by Gasteiger charge is -2.58. The van der Waals surface area contributed by atoms with Crippen LogP contribution in [-0.2, 0) is 4.79 Å². The number of aliphatic carboxylic acids is 1. The summed E-state index contributed by atoms with van der Waals surface area (Å²) in [7, 11) is 0. The molecule has 4 aliphatic rings. The van der Waals surface area contributed by atoms with Crippen molar-refractivity contribution in [1.82, 2.24) is 5.43 Å². The molecule has 5 nitrogen and oxygen atoms in total. The van der Waals surface area contributed by atoms with Gasteiger partial charge in [-0.05, 0) is 87.1 Å². The Kier molecular flexibility index (Phi) is 5.47. The van der Waals surface area contributed by atoms with Crippen molar-refractivity contribution >= 4 is 34.7 Å². The van der Waals surface area contributed by atoms with Crippen molar-refractivity contribution in [2.75, 3.05) is 5.32 Å². The highest BCUT2D eigenvalue weighted by Gasteiger charge is 2.78. The molecule has 1 unspecified atom stereocenters.